The van der Waals surface area contributed by atoms with Gasteiger partial charge in [0, 0.05) is 43.3 Å². The van der Waals surface area contributed by atoms with E-state index in [1.54, 1.807) is 18.0 Å². The maximum Gasteiger partial charge on any atom is 0.259 e. The van der Waals surface area contributed by atoms with Crippen molar-refractivity contribution in [2.24, 2.45) is 5.92 Å². The molecule has 1 aromatic heterocycles. The lowest BCUT2D eigenvalue weighted by molar-refractivity contribution is 0.0695. The van der Waals surface area contributed by atoms with Crippen molar-refractivity contribution in [1.82, 2.24) is 14.2 Å². The summed E-state index contributed by atoms with van der Waals surface area (Å²) in [5.74, 6) is 0.203. The van der Waals surface area contributed by atoms with Crippen molar-refractivity contribution < 1.29 is 13.2 Å². The van der Waals surface area contributed by atoms with Crippen molar-refractivity contribution in [3.8, 4) is 0 Å². The highest BCUT2D eigenvalue weighted by atomic mass is 32.2. The third-order valence-corrected chi connectivity index (χ3v) is 8.80. The van der Waals surface area contributed by atoms with E-state index in [0.29, 0.717) is 24.5 Å². The van der Waals surface area contributed by atoms with Crippen LogP contribution in [0.1, 0.15) is 62.2 Å². The van der Waals surface area contributed by atoms with Crippen LogP contribution in [-0.4, -0.2) is 54.7 Å². The molecule has 168 valence electrons. The average molecular weight is 446 g/mol. The second kappa shape index (κ2) is 8.74. The highest BCUT2D eigenvalue weighted by Gasteiger charge is 2.29. The first-order chi connectivity index (χ1) is 14.8. The lowest BCUT2D eigenvalue weighted by atomic mass is 9.94. The smallest absolute Gasteiger partial charge is 0.259 e. The van der Waals surface area contributed by atoms with Crippen LogP contribution in [-0.2, 0) is 10.0 Å². The molecule has 1 saturated heterocycles. The maximum absolute atomic E-state index is 13.2. The van der Waals surface area contributed by atoms with Crippen LogP contribution in [0.15, 0.2) is 34.1 Å². The standard InChI is InChI=1S/C23H31N3O4S/c1-16-10-12-26(13-11-16)31(29,30)18-8-9-21-19(14-18)22(27)20(15-24-21)23(28)25(2)17-6-4-3-5-7-17/h8-9,14-17H,3-7,10-13H2,1-2H3,(H,24,27). The molecular weight excluding hydrogens is 414 g/mol. The molecule has 0 radical (unpaired) electrons. The van der Waals surface area contributed by atoms with Gasteiger partial charge in [0.1, 0.15) is 5.56 Å². The Morgan fingerprint density at radius 2 is 1.77 bits per heavy atom. The average Bonchev–Trinajstić information content (AvgIpc) is 2.79. The molecule has 0 atom stereocenters. The number of pyridine rings is 1. The Bertz CT molecular complexity index is 1130. The lowest BCUT2D eigenvalue weighted by Crippen LogP contribution is -2.40. The first-order valence-electron chi connectivity index (χ1n) is 11.2. The van der Waals surface area contributed by atoms with E-state index < -0.39 is 15.5 Å². The van der Waals surface area contributed by atoms with Gasteiger partial charge in [-0.05, 0) is 49.8 Å². The van der Waals surface area contributed by atoms with Gasteiger partial charge in [0.15, 0.2) is 0 Å². The number of nitrogens with zero attached hydrogens (tertiary/aromatic N) is 2. The minimum absolute atomic E-state index is 0.0573. The Kier molecular flexibility index (Phi) is 6.21. The van der Waals surface area contributed by atoms with Crippen molar-refractivity contribution >= 4 is 26.8 Å². The molecule has 1 aliphatic carbocycles. The molecule has 0 unspecified atom stereocenters. The molecule has 2 fully saturated rings. The van der Waals surface area contributed by atoms with E-state index in [2.05, 4.69) is 11.9 Å². The quantitative estimate of drug-likeness (QED) is 0.781. The number of hydrogen-bond acceptors (Lipinski definition) is 4. The van der Waals surface area contributed by atoms with Crippen molar-refractivity contribution in [1.29, 1.82) is 0 Å². The van der Waals surface area contributed by atoms with Gasteiger partial charge in [-0.15, -0.1) is 0 Å². The highest BCUT2D eigenvalue weighted by Crippen LogP contribution is 2.26. The van der Waals surface area contributed by atoms with Crippen LogP contribution in [0.3, 0.4) is 0 Å². The summed E-state index contributed by atoms with van der Waals surface area (Å²) >= 11 is 0. The highest BCUT2D eigenvalue weighted by molar-refractivity contribution is 7.89. The molecule has 0 spiro atoms. The second-order valence-corrected chi connectivity index (χ2v) is 11.0. The summed E-state index contributed by atoms with van der Waals surface area (Å²) in [6.45, 7) is 3.10. The molecule has 1 N–H and O–H groups in total. The molecule has 1 saturated carbocycles. The van der Waals surface area contributed by atoms with Crippen LogP contribution >= 0.6 is 0 Å². The first kappa shape index (κ1) is 22.0. The number of benzene rings is 1. The van der Waals surface area contributed by atoms with E-state index in [9.17, 15) is 18.0 Å². The number of aromatic amines is 1. The molecular formula is C23H31N3O4S. The molecule has 2 aromatic rings. The largest absolute Gasteiger partial charge is 0.360 e. The van der Waals surface area contributed by atoms with Crippen LogP contribution in [0, 0.1) is 5.92 Å². The maximum atomic E-state index is 13.2. The zero-order chi connectivity index (χ0) is 22.2. The van der Waals surface area contributed by atoms with E-state index in [1.165, 1.54) is 29.1 Å². The van der Waals surface area contributed by atoms with Gasteiger partial charge < -0.3 is 9.88 Å². The first-order valence-corrected chi connectivity index (χ1v) is 12.7. The fourth-order valence-electron chi connectivity index (χ4n) is 4.72. The Hall–Kier alpha value is -2.19. The molecule has 31 heavy (non-hydrogen) atoms. The van der Waals surface area contributed by atoms with Crippen molar-refractivity contribution in [3.05, 3.63) is 40.2 Å². The summed E-state index contributed by atoms with van der Waals surface area (Å²) in [6, 6.07) is 4.69. The van der Waals surface area contributed by atoms with Crippen LogP contribution in [0.2, 0.25) is 0 Å². The minimum Gasteiger partial charge on any atom is -0.360 e. The summed E-state index contributed by atoms with van der Waals surface area (Å²) in [5.41, 5.74) is 0.153. The fraction of sp³-hybridized carbons (Fsp3) is 0.565. The summed E-state index contributed by atoms with van der Waals surface area (Å²) in [6.07, 6.45) is 8.38. The Morgan fingerprint density at radius 3 is 2.45 bits per heavy atom. The van der Waals surface area contributed by atoms with E-state index >= 15 is 0 Å². The molecule has 1 aliphatic heterocycles. The summed E-state index contributed by atoms with van der Waals surface area (Å²) < 4.78 is 27.7. The van der Waals surface area contributed by atoms with E-state index in [-0.39, 0.29) is 27.8 Å². The van der Waals surface area contributed by atoms with Crippen molar-refractivity contribution in [2.75, 3.05) is 20.1 Å². The number of fused-ring (bicyclic) bond motifs is 1. The Morgan fingerprint density at radius 1 is 1.10 bits per heavy atom. The van der Waals surface area contributed by atoms with Crippen LogP contribution in [0.4, 0.5) is 0 Å². The zero-order valence-electron chi connectivity index (χ0n) is 18.3. The van der Waals surface area contributed by atoms with Gasteiger partial charge in [0.05, 0.1) is 4.90 Å². The number of aromatic nitrogens is 1. The van der Waals surface area contributed by atoms with Gasteiger partial charge in [0.2, 0.25) is 15.5 Å². The third-order valence-electron chi connectivity index (χ3n) is 6.91. The monoisotopic (exact) mass is 445 g/mol. The van der Waals surface area contributed by atoms with Crippen LogP contribution < -0.4 is 5.43 Å². The third kappa shape index (κ3) is 4.28. The van der Waals surface area contributed by atoms with Crippen LogP contribution in [0.25, 0.3) is 10.9 Å². The number of hydrogen-bond donors (Lipinski definition) is 1. The molecule has 7 nitrogen and oxygen atoms in total. The van der Waals surface area contributed by atoms with Gasteiger partial charge in [-0.25, -0.2) is 8.42 Å². The number of H-pyrrole nitrogens is 1. The minimum atomic E-state index is -3.68. The zero-order valence-corrected chi connectivity index (χ0v) is 19.1. The molecule has 2 heterocycles. The summed E-state index contributed by atoms with van der Waals surface area (Å²) in [4.78, 5) is 31.0. The number of carbonyl (C=O) groups excluding carboxylic acids is 1. The molecule has 0 bridgehead atoms. The molecule has 1 amide bonds. The predicted molar refractivity (Wildman–Crippen MR) is 121 cm³/mol. The molecule has 4 rings (SSSR count). The van der Waals surface area contributed by atoms with Crippen molar-refractivity contribution in [3.63, 3.8) is 0 Å². The molecule has 2 aliphatic rings. The van der Waals surface area contributed by atoms with E-state index in [0.717, 1.165) is 38.5 Å². The van der Waals surface area contributed by atoms with Crippen LogP contribution in [0.5, 0.6) is 0 Å². The molecule has 8 heteroatoms. The lowest BCUT2D eigenvalue weighted by Gasteiger charge is -2.31. The van der Waals surface area contributed by atoms with E-state index in [1.807, 2.05) is 0 Å². The van der Waals surface area contributed by atoms with Gasteiger partial charge in [-0.2, -0.15) is 4.31 Å². The van der Waals surface area contributed by atoms with Gasteiger partial charge in [-0.3, -0.25) is 9.59 Å². The summed E-state index contributed by atoms with van der Waals surface area (Å²) in [5, 5.41) is 0.231. The van der Waals surface area contributed by atoms with Crippen molar-refractivity contribution in [2.45, 2.75) is 62.8 Å². The van der Waals surface area contributed by atoms with Gasteiger partial charge in [-0.1, -0.05) is 26.2 Å². The fourth-order valence-corrected chi connectivity index (χ4v) is 6.21. The number of sulfonamides is 1. The number of nitrogens with one attached hydrogen (secondary N) is 1. The Labute approximate surface area is 183 Å². The van der Waals surface area contributed by atoms with E-state index in [4.69, 9.17) is 0 Å². The van der Waals surface area contributed by atoms with Gasteiger partial charge >= 0.3 is 0 Å². The topological polar surface area (TPSA) is 90.6 Å². The number of amides is 1. The SMILES string of the molecule is CC1CCN(S(=O)(=O)c2ccc3[nH]cc(C(=O)N(C)C4CCCCC4)c(=O)c3c2)CC1. The number of piperidine rings is 1. The number of carbonyl (C=O) groups is 1. The second-order valence-electron chi connectivity index (χ2n) is 9.03. The van der Waals surface area contributed by atoms with Gasteiger partial charge in [0.25, 0.3) is 5.91 Å². The summed E-state index contributed by atoms with van der Waals surface area (Å²) in [7, 11) is -1.92. The molecule has 1 aromatic carbocycles. The normalized spacial score (nSPS) is 19.5. The number of rotatable bonds is 4. The predicted octanol–water partition coefficient (Wildman–Crippen LogP) is 3.35. The Balaban J connectivity index is 1.67.